The van der Waals surface area contributed by atoms with Crippen LogP contribution in [0.15, 0.2) is 23.4 Å². The van der Waals surface area contributed by atoms with Crippen LogP contribution in [0.1, 0.15) is 32.6 Å². The van der Waals surface area contributed by atoms with Gasteiger partial charge in [-0.1, -0.05) is 6.92 Å². The van der Waals surface area contributed by atoms with Gasteiger partial charge in [-0.2, -0.15) is 4.72 Å². The van der Waals surface area contributed by atoms with Crippen LogP contribution < -0.4 is 4.72 Å². The predicted octanol–water partition coefficient (Wildman–Crippen LogP) is 1.34. The summed E-state index contributed by atoms with van der Waals surface area (Å²) in [6.45, 7) is 2.05. The average molecular weight is 300 g/mol. The highest BCUT2D eigenvalue weighted by Crippen LogP contribution is 2.33. The van der Waals surface area contributed by atoms with Crippen LogP contribution >= 0.6 is 0 Å². The van der Waals surface area contributed by atoms with E-state index in [1.54, 1.807) is 17.8 Å². The molecule has 0 aromatic carbocycles. The Morgan fingerprint density at radius 1 is 1.45 bits per heavy atom. The molecule has 1 aromatic rings. The van der Waals surface area contributed by atoms with Crippen molar-refractivity contribution in [1.82, 2.24) is 9.29 Å². The fraction of sp³-hybridized carbons (Fsp3) is 0.615. The van der Waals surface area contributed by atoms with Crippen molar-refractivity contribution in [2.75, 3.05) is 0 Å². The minimum Gasteiger partial charge on any atom is -0.480 e. The molecule has 20 heavy (non-hydrogen) atoms. The van der Waals surface area contributed by atoms with Crippen molar-refractivity contribution in [2.24, 2.45) is 13.0 Å². The number of carbonyl (C=O) groups is 1. The first-order valence-electron chi connectivity index (χ1n) is 6.64. The largest absolute Gasteiger partial charge is 0.480 e. The zero-order valence-electron chi connectivity index (χ0n) is 11.7. The van der Waals surface area contributed by atoms with Crippen LogP contribution in [-0.2, 0) is 21.9 Å². The van der Waals surface area contributed by atoms with Gasteiger partial charge in [-0.05, 0) is 37.7 Å². The second-order valence-electron chi connectivity index (χ2n) is 5.69. The Bertz CT molecular complexity index is 598. The Kier molecular flexibility index (Phi) is 3.93. The maximum absolute atomic E-state index is 12.3. The van der Waals surface area contributed by atoms with E-state index in [-0.39, 0.29) is 4.90 Å². The highest BCUT2D eigenvalue weighted by molar-refractivity contribution is 7.89. The average Bonchev–Trinajstić information content (AvgIpc) is 2.79. The van der Waals surface area contributed by atoms with Gasteiger partial charge in [0, 0.05) is 19.4 Å². The van der Waals surface area contributed by atoms with Crippen LogP contribution in [0, 0.1) is 5.92 Å². The molecule has 1 heterocycles. The lowest BCUT2D eigenvalue weighted by atomic mass is 9.78. The molecule has 6 nitrogen and oxygen atoms in total. The molecule has 0 spiro atoms. The molecular weight excluding hydrogens is 280 g/mol. The standard InChI is InChI=1S/C13H20N2O4S/c1-10-3-6-13(7-4-10,12(16)17)14-20(18,19)11-5-8-15(2)9-11/h5,8-10,14H,3-4,6-7H2,1-2H3,(H,16,17). The molecule has 0 bridgehead atoms. The molecular formula is C13H20N2O4S. The molecule has 112 valence electrons. The Morgan fingerprint density at radius 3 is 2.50 bits per heavy atom. The van der Waals surface area contributed by atoms with Crippen molar-refractivity contribution in [3.05, 3.63) is 18.5 Å². The van der Waals surface area contributed by atoms with Crippen molar-refractivity contribution in [1.29, 1.82) is 0 Å². The normalized spacial score (nSPS) is 27.4. The van der Waals surface area contributed by atoms with Crippen LogP contribution in [0.4, 0.5) is 0 Å². The van der Waals surface area contributed by atoms with E-state index in [1.165, 1.54) is 12.3 Å². The number of carboxylic acid groups (broad SMARTS) is 1. The third kappa shape index (κ3) is 2.88. The summed E-state index contributed by atoms with van der Waals surface area (Å²) >= 11 is 0. The van der Waals surface area contributed by atoms with Crippen LogP contribution in [0.2, 0.25) is 0 Å². The van der Waals surface area contributed by atoms with Gasteiger partial charge in [0.25, 0.3) is 0 Å². The van der Waals surface area contributed by atoms with Crippen molar-refractivity contribution < 1.29 is 18.3 Å². The predicted molar refractivity (Wildman–Crippen MR) is 73.7 cm³/mol. The molecule has 1 aromatic heterocycles. The summed E-state index contributed by atoms with van der Waals surface area (Å²) in [4.78, 5) is 11.7. The van der Waals surface area contributed by atoms with Gasteiger partial charge in [-0.15, -0.1) is 0 Å². The highest BCUT2D eigenvalue weighted by Gasteiger charge is 2.44. The van der Waals surface area contributed by atoms with Gasteiger partial charge >= 0.3 is 5.97 Å². The monoisotopic (exact) mass is 300 g/mol. The number of nitrogens with zero attached hydrogens (tertiary/aromatic N) is 1. The van der Waals surface area contributed by atoms with E-state index in [0.717, 1.165) is 0 Å². The lowest BCUT2D eigenvalue weighted by molar-refractivity contribution is -0.145. The van der Waals surface area contributed by atoms with Crippen LogP contribution in [0.5, 0.6) is 0 Å². The maximum Gasteiger partial charge on any atom is 0.324 e. The zero-order chi connectivity index (χ0) is 15.0. The van der Waals surface area contributed by atoms with Gasteiger partial charge in [0.05, 0.1) is 4.90 Å². The first-order chi connectivity index (χ1) is 9.25. The minimum absolute atomic E-state index is 0.0965. The number of aliphatic carboxylic acids is 1. The first kappa shape index (κ1) is 15.1. The van der Waals surface area contributed by atoms with E-state index in [0.29, 0.717) is 31.6 Å². The third-order valence-corrected chi connectivity index (χ3v) is 5.50. The number of aromatic nitrogens is 1. The summed E-state index contributed by atoms with van der Waals surface area (Å²) in [7, 11) is -2.10. The summed E-state index contributed by atoms with van der Waals surface area (Å²) in [6.07, 6.45) is 5.16. The molecule has 0 amide bonds. The van der Waals surface area contributed by atoms with Crippen LogP contribution in [0.25, 0.3) is 0 Å². The number of nitrogens with one attached hydrogen (secondary N) is 1. The van der Waals surface area contributed by atoms with Gasteiger partial charge in [-0.3, -0.25) is 4.79 Å². The van der Waals surface area contributed by atoms with E-state index < -0.39 is 21.5 Å². The minimum atomic E-state index is -3.81. The van der Waals surface area contributed by atoms with E-state index in [1.807, 2.05) is 0 Å². The van der Waals surface area contributed by atoms with Gasteiger partial charge in [0.1, 0.15) is 5.54 Å². The van der Waals surface area contributed by atoms with E-state index in [4.69, 9.17) is 0 Å². The smallest absolute Gasteiger partial charge is 0.324 e. The molecule has 0 aliphatic heterocycles. The Labute approximate surface area is 118 Å². The topological polar surface area (TPSA) is 88.4 Å². The fourth-order valence-corrected chi connectivity index (χ4v) is 4.04. The molecule has 0 radical (unpaired) electrons. The van der Waals surface area contributed by atoms with Crippen LogP contribution in [0.3, 0.4) is 0 Å². The summed E-state index contributed by atoms with van der Waals surface area (Å²) in [5, 5.41) is 9.46. The van der Waals surface area contributed by atoms with E-state index in [9.17, 15) is 18.3 Å². The molecule has 2 N–H and O–H groups in total. The molecule has 0 atom stereocenters. The fourth-order valence-electron chi connectivity index (χ4n) is 2.57. The Balaban J connectivity index is 2.27. The lowest BCUT2D eigenvalue weighted by Crippen LogP contribution is -2.56. The van der Waals surface area contributed by atoms with Gasteiger partial charge in [0.15, 0.2) is 0 Å². The quantitative estimate of drug-likeness (QED) is 0.878. The second-order valence-corrected chi connectivity index (χ2v) is 7.37. The SMILES string of the molecule is CC1CCC(NS(=O)(=O)c2ccn(C)c2)(C(=O)O)CC1. The highest BCUT2D eigenvalue weighted by atomic mass is 32.2. The van der Waals surface area contributed by atoms with E-state index >= 15 is 0 Å². The van der Waals surface area contributed by atoms with E-state index in [2.05, 4.69) is 11.6 Å². The molecule has 2 rings (SSSR count). The maximum atomic E-state index is 12.3. The molecule has 1 aliphatic rings. The number of carboxylic acids is 1. The Hall–Kier alpha value is -1.34. The molecule has 0 unspecified atom stereocenters. The Morgan fingerprint density at radius 2 is 2.05 bits per heavy atom. The number of aryl methyl sites for hydroxylation is 1. The van der Waals surface area contributed by atoms with Crippen molar-refractivity contribution in [2.45, 2.75) is 43.0 Å². The summed E-state index contributed by atoms with van der Waals surface area (Å²) in [6, 6.07) is 1.46. The summed E-state index contributed by atoms with van der Waals surface area (Å²) < 4.78 is 28.7. The number of hydrogen-bond acceptors (Lipinski definition) is 3. The van der Waals surface area contributed by atoms with Gasteiger partial charge in [-0.25, -0.2) is 8.42 Å². The lowest BCUT2D eigenvalue weighted by Gasteiger charge is -2.35. The number of hydrogen-bond donors (Lipinski definition) is 2. The first-order valence-corrected chi connectivity index (χ1v) is 8.13. The van der Waals surface area contributed by atoms with Crippen molar-refractivity contribution >= 4 is 16.0 Å². The zero-order valence-corrected chi connectivity index (χ0v) is 12.5. The molecule has 0 saturated heterocycles. The molecule has 1 saturated carbocycles. The second kappa shape index (κ2) is 5.21. The van der Waals surface area contributed by atoms with Crippen LogP contribution in [-0.4, -0.2) is 29.6 Å². The van der Waals surface area contributed by atoms with Gasteiger partial charge < -0.3 is 9.67 Å². The number of rotatable bonds is 4. The molecule has 7 heteroatoms. The molecule has 1 aliphatic carbocycles. The van der Waals surface area contributed by atoms with Crippen molar-refractivity contribution in [3.63, 3.8) is 0 Å². The summed E-state index contributed by atoms with van der Waals surface area (Å²) in [5.74, 6) is -0.660. The third-order valence-electron chi connectivity index (χ3n) is 3.98. The van der Waals surface area contributed by atoms with Gasteiger partial charge in [0.2, 0.25) is 10.0 Å². The van der Waals surface area contributed by atoms with Crippen molar-refractivity contribution in [3.8, 4) is 0 Å². The molecule has 1 fully saturated rings. The number of sulfonamides is 1. The summed E-state index contributed by atoms with van der Waals surface area (Å²) in [5.41, 5.74) is -1.37.